The van der Waals surface area contributed by atoms with E-state index in [0.29, 0.717) is 17.9 Å². The van der Waals surface area contributed by atoms with E-state index in [4.69, 9.17) is 10.2 Å². The SMILES string of the molecule is NCc1ccc(F)cc1-c1cc2ccccc2o1. The molecule has 0 amide bonds. The molecule has 0 fully saturated rings. The maximum absolute atomic E-state index is 13.3. The fraction of sp³-hybridized carbons (Fsp3) is 0.0667. The van der Waals surface area contributed by atoms with Crippen LogP contribution in [0.1, 0.15) is 5.56 Å². The number of hydrogen-bond acceptors (Lipinski definition) is 2. The molecule has 0 aliphatic heterocycles. The van der Waals surface area contributed by atoms with Gasteiger partial charge < -0.3 is 10.2 Å². The summed E-state index contributed by atoms with van der Waals surface area (Å²) in [5, 5.41) is 1.000. The molecular formula is C15H12FNO. The molecule has 0 atom stereocenters. The second kappa shape index (κ2) is 4.27. The highest BCUT2D eigenvalue weighted by atomic mass is 19.1. The zero-order valence-corrected chi connectivity index (χ0v) is 9.69. The van der Waals surface area contributed by atoms with Crippen molar-refractivity contribution in [3.8, 4) is 11.3 Å². The van der Waals surface area contributed by atoms with Crippen LogP contribution in [-0.2, 0) is 6.54 Å². The van der Waals surface area contributed by atoms with Gasteiger partial charge in [0.2, 0.25) is 0 Å². The normalized spacial score (nSPS) is 11.0. The van der Waals surface area contributed by atoms with Crippen LogP contribution in [0, 0.1) is 5.82 Å². The molecule has 2 nitrogen and oxygen atoms in total. The lowest BCUT2D eigenvalue weighted by molar-refractivity contribution is 0.616. The number of benzene rings is 2. The second-order valence-corrected chi connectivity index (χ2v) is 4.15. The van der Waals surface area contributed by atoms with Crippen molar-refractivity contribution >= 4 is 11.0 Å². The fourth-order valence-corrected chi connectivity index (χ4v) is 2.07. The van der Waals surface area contributed by atoms with Gasteiger partial charge >= 0.3 is 0 Å². The van der Waals surface area contributed by atoms with Crippen molar-refractivity contribution in [2.45, 2.75) is 6.54 Å². The van der Waals surface area contributed by atoms with E-state index in [9.17, 15) is 4.39 Å². The Bertz CT molecular complexity index is 670. The fourth-order valence-electron chi connectivity index (χ4n) is 2.07. The smallest absolute Gasteiger partial charge is 0.135 e. The predicted octanol–water partition coefficient (Wildman–Crippen LogP) is 3.70. The van der Waals surface area contributed by atoms with E-state index in [1.54, 1.807) is 6.07 Å². The number of hydrogen-bond donors (Lipinski definition) is 1. The first-order valence-corrected chi connectivity index (χ1v) is 5.75. The van der Waals surface area contributed by atoms with E-state index in [-0.39, 0.29) is 5.82 Å². The van der Waals surface area contributed by atoms with Crippen molar-refractivity contribution in [2.75, 3.05) is 0 Å². The number of para-hydroxylation sites is 1. The molecule has 0 aliphatic carbocycles. The van der Waals surface area contributed by atoms with E-state index in [1.807, 2.05) is 30.3 Å². The van der Waals surface area contributed by atoms with Crippen molar-refractivity contribution in [2.24, 2.45) is 5.73 Å². The quantitative estimate of drug-likeness (QED) is 0.743. The lowest BCUT2D eigenvalue weighted by atomic mass is 10.0. The maximum Gasteiger partial charge on any atom is 0.135 e. The molecule has 2 N–H and O–H groups in total. The Labute approximate surface area is 104 Å². The van der Waals surface area contributed by atoms with E-state index < -0.39 is 0 Å². The zero-order chi connectivity index (χ0) is 12.5. The third-order valence-electron chi connectivity index (χ3n) is 2.98. The van der Waals surface area contributed by atoms with Crippen molar-refractivity contribution in [3.05, 3.63) is 59.9 Å². The number of furan rings is 1. The summed E-state index contributed by atoms with van der Waals surface area (Å²) in [6, 6.07) is 14.2. The molecule has 3 aromatic rings. The van der Waals surface area contributed by atoms with E-state index in [2.05, 4.69) is 0 Å². The molecule has 1 aromatic heterocycles. The van der Waals surface area contributed by atoms with Crippen LogP contribution in [0.15, 0.2) is 52.9 Å². The van der Waals surface area contributed by atoms with E-state index in [1.165, 1.54) is 12.1 Å². The summed E-state index contributed by atoms with van der Waals surface area (Å²) in [5.41, 5.74) is 8.05. The van der Waals surface area contributed by atoms with Crippen LogP contribution >= 0.6 is 0 Å². The second-order valence-electron chi connectivity index (χ2n) is 4.15. The van der Waals surface area contributed by atoms with Crippen LogP contribution in [0.4, 0.5) is 4.39 Å². The topological polar surface area (TPSA) is 39.2 Å². The largest absolute Gasteiger partial charge is 0.456 e. The summed E-state index contributed by atoms with van der Waals surface area (Å²) in [7, 11) is 0. The Kier molecular flexibility index (Phi) is 2.61. The average Bonchev–Trinajstić information content (AvgIpc) is 2.82. The summed E-state index contributed by atoms with van der Waals surface area (Å²) in [6.45, 7) is 0.354. The Hall–Kier alpha value is -2.13. The minimum atomic E-state index is -0.289. The van der Waals surface area contributed by atoms with Gasteiger partial charge in [0.25, 0.3) is 0 Å². The van der Waals surface area contributed by atoms with Gasteiger partial charge in [-0.1, -0.05) is 24.3 Å². The maximum atomic E-state index is 13.3. The number of nitrogens with two attached hydrogens (primary N) is 1. The summed E-state index contributed by atoms with van der Waals surface area (Å²) >= 11 is 0. The van der Waals surface area contributed by atoms with Gasteiger partial charge in [0.15, 0.2) is 0 Å². The van der Waals surface area contributed by atoms with Crippen LogP contribution in [0.25, 0.3) is 22.3 Å². The molecule has 0 radical (unpaired) electrons. The Morgan fingerprint density at radius 2 is 1.89 bits per heavy atom. The highest BCUT2D eigenvalue weighted by Gasteiger charge is 2.10. The van der Waals surface area contributed by atoms with E-state index >= 15 is 0 Å². The van der Waals surface area contributed by atoms with Crippen molar-refractivity contribution < 1.29 is 8.81 Å². The highest BCUT2D eigenvalue weighted by Crippen LogP contribution is 2.30. The Morgan fingerprint density at radius 1 is 1.06 bits per heavy atom. The van der Waals surface area contributed by atoms with Gasteiger partial charge in [0.05, 0.1) is 0 Å². The van der Waals surface area contributed by atoms with E-state index in [0.717, 1.165) is 16.5 Å². The van der Waals surface area contributed by atoms with Crippen LogP contribution in [0.3, 0.4) is 0 Å². The minimum Gasteiger partial charge on any atom is -0.456 e. The summed E-state index contributed by atoms with van der Waals surface area (Å²) in [4.78, 5) is 0. The number of rotatable bonds is 2. The zero-order valence-electron chi connectivity index (χ0n) is 9.69. The molecule has 1 heterocycles. The summed E-state index contributed by atoms with van der Waals surface area (Å²) in [6.07, 6.45) is 0. The molecule has 0 bridgehead atoms. The predicted molar refractivity (Wildman–Crippen MR) is 69.5 cm³/mol. The first-order chi connectivity index (χ1) is 8.78. The molecule has 3 rings (SSSR count). The molecule has 0 saturated carbocycles. The molecule has 3 heteroatoms. The molecule has 90 valence electrons. The van der Waals surface area contributed by atoms with Gasteiger partial charge in [-0.05, 0) is 29.8 Å². The molecule has 0 spiro atoms. The lowest BCUT2D eigenvalue weighted by Crippen LogP contribution is -1.98. The third-order valence-corrected chi connectivity index (χ3v) is 2.98. The first-order valence-electron chi connectivity index (χ1n) is 5.75. The molecule has 0 unspecified atom stereocenters. The standard InChI is InChI=1S/C15H12FNO/c16-12-6-5-11(9-17)13(8-12)15-7-10-3-1-2-4-14(10)18-15/h1-8H,9,17H2. The van der Waals surface area contributed by atoms with Gasteiger partial charge in [-0.3, -0.25) is 0 Å². The molecule has 0 saturated heterocycles. The first kappa shape index (κ1) is 11.0. The summed E-state index contributed by atoms with van der Waals surface area (Å²) < 4.78 is 19.1. The lowest BCUT2D eigenvalue weighted by Gasteiger charge is -2.04. The molecular weight excluding hydrogens is 229 g/mol. The van der Waals surface area contributed by atoms with Gasteiger partial charge in [-0.25, -0.2) is 4.39 Å². The van der Waals surface area contributed by atoms with Crippen LogP contribution < -0.4 is 5.73 Å². The Morgan fingerprint density at radius 3 is 2.67 bits per heavy atom. The average molecular weight is 241 g/mol. The van der Waals surface area contributed by atoms with Crippen LogP contribution in [-0.4, -0.2) is 0 Å². The van der Waals surface area contributed by atoms with Crippen molar-refractivity contribution in [3.63, 3.8) is 0 Å². The van der Waals surface area contributed by atoms with Crippen molar-refractivity contribution in [1.29, 1.82) is 0 Å². The van der Waals surface area contributed by atoms with Gasteiger partial charge in [0, 0.05) is 17.5 Å². The van der Waals surface area contributed by atoms with Crippen LogP contribution in [0.2, 0.25) is 0 Å². The molecule has 0 aliphatic rings. The Balaban J connectivity index is 2.22. The van der Waals surface area contributed by atoms with Crippen molar-refractivity contribution in [1.82, 2.24) is 0 Å². The minimum absolute atomic E-state index is 0.289. The number of halogens is 1. The highest BCUT2D eigenvalue weighted by molar-refractivity contribution is 5.83. The van der Waals surface area contributed by atoms with Gasteiger partial charge in [-0.2, -0.15) is 0 Å². The molecule has 2 aromatic carbocycles. The van der Waals surface area contributed by atoms with Crippen LogP contribution in [0.5, 0.6) is 0 Å². The summed E-state index contributed by atoms with van der Waals surface area (Å²) in [5.74, 6) is 0.360. The molecule has 18 heavy (non-hydrogen) atoms. The van der Waals surface area contributed by atoms with Gasteiger partial charge in [-0.15, -0.1) is 0 Å². The van der Waals surface area contributed by atoms with Gasteiger partial charge in [0.1, 0.15) is 17.2 Å². The monoisotopic (exact) mass is 241 g/mol. The third kappa shape index (κ3) is 1.79. The number of fused-ring (bicyclic) bond motifs is 1.